The number of thiophene rings is 1. The van der Waals surface area contributed by atoms with Crippen LogP contribution in [0.25, 0.3) is 12.2 Å². The van der Waals surface area contributed by atoms with Crippen molar-refractivity contribution in [3.63, 3.8) is 0 Å². The van der Waals surface area contributed by atoms with E-state index in [0.717, 1.165) is 4.88 Å². The number of methoxy groups -OCH3 is 1. The van der Waals surface area contributed by atoms with Crippen molar-refractivity contribution in [1.82, 2.24) is 4.98 Å². The van der Waals surface area contributed by atoms with Crippen LogP contribution in [-0.2, 0) is 4.79 Å². The van der Waals surface area contributed by atoms with E-state index in [9.17, 15) is 9.59 Å². The predicted octanol–water partition coefficient (Wildman–Crippen LogP) is 2.06. The number of thiazole rings is 1. The molecule has 0 aliphatic heterocycles. The molecule has 2 aromatic heterocycles. The monoisotopic (exact) mass is 372 g/mol. The number of anilines is 1. The van der Waals surface area contributed by atoms with Crippen molar-refractivity contribution < 1.29 is 9.53 Å². The van der Waals surface area contributed by atoms with Crippen LogP contribution in [0.4, 0.5) is 5.69 Å². The molecule has 5 nitrogen and oxygen atoms in total. The minimum absolute atomic E-state index is 0.201. The molecule has 0 aliphatic carbocycles. The Morgan fingerprint density at radius 3 is 2.72 bits per heavy atom. The molecule has 0 aliphatic rings. The third kappa shape index (κ3) is 4.26. The Hall–Kier alpha value is -2.64. The molecule has 1 amide bonds. The summed E-state index contributed by atoms with van der Waals surface area (Å²) >= 11 is 2.86. The molecule has 1 aromatic carbocycles. The summed E-state index contributed by atoms with van der Waals surface area (Å²) < 4.78 is 6.27. The number of hydrogen-bond acceptors (Lipinski definition) is 5. The van der Waals surface area contributed by atoms with Gasteiger partial charge in [-0.15, -0.1) is 22.7 Å². The van der Waals surface area contributed by atoms with Crippen LogP contribution in [0.5, 0.6) is 5.75 Å². The van der Waals surface area contributed by atoms with Crippen molar-refractivity contribution in [2.45, 2.75) is 6.92 Å². The maximum Gasteiger partial charge on any atom is 0.266 e. The summed E-state index contributed by atoms with van der Waals surface area (Å²) in [4.78, 5) is 29.1. The third-order valence-electron chi connectivity index (χ3n) is 3.34. The van der Waals surface area contributed by atoms with E-state index >= 15 is 0 Å². The molecule has 0 bridgehead atoms. The fourth-order valence-electron chi connectivity index (χ4n) is 2.22. The van der Waals surface area contributed by atoms with Crippen LogP contribution in [0.2, 0.25) is 0 Å². The van der Waals surface area contributed by atoms with Gasteiger partial charge in [0, 0.05) is 15.8 Å². The highest BCUT2D eigenvalue weighted by Crippen LogP contribution is 2.22. The number of aromatic nitrogens is 1. The van der Waals surface area contributed by atoms with Gasteiger partial charge in [0.05, 0.1) is 17.3 Å². The van der Waals surface area contributed by atoms with Crippen LogP contribution >= 0.6 is 22.7 Å². The van der Waals surface area contributed by atoms with Crippen molar-refractivity contribution in [2.75, 3.05) is 12.4 Å². The van der Waals surface area contributed by atoms with E-state index in [4.69, 9.17) is 4.74 Å². The molecular weight excluding hydrogens is 356 g/mol. The van der Waals surface area contributed by atoms with Gasteiger partial charge in [-0.3, -0.25) is 9.59 Å². The molecule has 0 saturated heterocycles. The van der Waals surface area contributed by atoms with Crippen LogP contribution in [0.1, 0.15) is 9.75 Å². The van der Waals surface area contributed by atoms with E-state index in [0.29, 0.717) is 20.6 Å². The number of para-hydroxylation sites is 2. The number of H-pyrrole nitrogens is 1. The Kier molecular flexibility index (Phi) is 5.16. The molecule has 0 fully saturated rings. The molecule has 0 unspecified atom stereocenters. The van der Waals surface area contributed by atoms with Crippen LogP contribution in [-0.4, -0.2) is 18.0 Å². The maximum atomic E-state index is 12.2. The second-order valence-corrected chi connectivity index (χ2v) is 7.61. The summed E-state index contributed by atoms with van der Waals surface area (Å²) in [5, 5.41) is 2.75. The quantitative estimate of drug-likeness (QED) is 0.736. The summed E-state index contributed by atoms with van der Waals surface area (Å²) in [5.74, 6) is 0.242. The first kappa shape index (κ1) is 17.2. The molecular formula is C18H16N2O3S2. The number of amides is 1. The zero-order valence-corrected chi connectivity index (χ0v) is 15.3. The summed E-state index contributed by atoms with van der Waals surface area (Å²) in [6.07, 6.45) is 3.20. The van der Waals surface area contributed by atoms with Gasteiger partial charge < -0.3 is 15.0 Å². The number of carbonyl (C=O) groups is 1. The predicted molar refractivity (Wildman–Crippen MR) is 103 cm³/mol. The van der Waals surface area contributed by atoms with Crippen molar-refractivity contribution in [2.24, 2.45) is 0 Å². The topological polar surface area (TPSA) is 71.2 Å². The highest BCUT2D eigenvalue weighted by atomic mass is 32.1. The van der Waals surface area contributed by atoms with Crippen LogP contribution in [0.15, 0.2) is 41.2 Å². The third-order valence-corrected chi connectivity index (χ3v) is 5.25. The van der Waals surface area contributed by atoms with Gasteiger partial charge in [0.2, 0.25) is 0 Å². The number of rotatable bonds is 4. The van der Waals surface area contributed by atoms with Gasteiger partial charge in [-0.25, -0.2) is 0 Å². The highest BCUT2D eigenvalue weighted by Gasteiger charge is 2.05. The van der Waals surface area contributed by atoms with Crippen LogP contribution < -0.4 is 24.8 Å². The van der Waals surface area contributed by atoms with Crippen LogP contribution in [0.3, 0.4) is 0 Å². The number of ether oxygens (including phenoxy) is 1. The largest absolute Gasteiger partial charge is 0.495 e. The molecule has 3 aromatic rings. The molecule has 25 heavy (non-hydrogen) atoms. The van der Waals surface area contributed by atoms with E-state index in [-0.39, 0.29) is 11.5 Å². The number of nitrogens with one attached hydrogen (secondary N) is 2. The lowest BCUT2D eigenvalue weighted by molar-refractivity contribution is -0.110. The number of carbonyl (C=O) groups excluding carboxylic acids is 1. The first-order chi connectivity index (χ1) is 12.0. The molecule has 128 valence electrons. The van der Waals surface area contributed by atoms with Gasteiger partial charge in [0.15, 0.2) is 0 Å². The number of aromatic amines is 1. The zero-order valence-electron chi connectivity index (χ0n) is 13.7. The molecule has 0 atom stereocenters. The minimum Gasteiger partial charge on any atom is -0.495 e. The van der Waals surface area contributed by atoms with E-state index in [2.05, 4.69) is 10.3 Å². The molecule has 2 heterocycles. The molecule has 0 radical (unpaired) electrons. The van der Waals surface area contributed by atoms with Gasteiger partial charge in [0.25, 0.3) is 11.5 Å². The minimum atomic E-state index is -0.333. The molecule has 0 spiro atoms. The van der Waals surface area contributed by atoms with Crippen molar-refractivity contribution in [1.29, 1.82) is 0 Å². The van der Waals surface area contributed by atoms with Crippen LogP contribution in [0, 0.1) is 6.92 Å². The van der Waals surface area contributed by atoms with Crippen molar-refractivity contribution >= 4 is 46.4 Å². The van der Waals surface area contributed by atoms with Gasteiger partial charge in [-0.2, -0.15) is 0 Å². The number of hydrogen-bond donors (Lipinski definition) is 2. The smallest absolute Gasteiger partial charge is 0.266 e. The van der Waals surface area contributed by atoms with E-state index in [1.54, 1.807) is 36.6 Å². The average Bonchev–Trinajstić information content (AvgIpc) is 3.14. The lowest BCUT2D eigenvalue weighted by Crippen LogP contribution is -2.20. The number of benzene rings is 1. The molecule has 3 rings (SSSR count). The van der Waals surface area contributed by atoms with Gasteiger partial charge in [0.1, 0.15) is 10.4 Å². The highest BCUT2D eigenvalue weighted by molar-refractivity contribution is 7.13. The second-order valence-electron chi connectivity index (χ2n) is 5.21. The summed E-state index contributed by atoms with van der Waals surface area (Å²) in [5.41, 5.74) is 0.374. The zero-order chi connectivity index (χ0) is 17.8. The average molecular weight is 372 g/mol. The summed E-state index contributed by atoms with van der Waals surface area (Å²) in [6, 6.07) is 11.1. The maximum absolute atomic E-state index is 12.2. The van der Waals surface area contributed by atoms with E-state index in [1.165, 1.54) is 22.3 Å². The molecule has 7 heteroatoms. The molecule has 2 N–H and O–H groups in total. The number of aryl methyl sites for hydroxylation is 1. The fraction of sp³-hybridized carbons (Fsp3) is 0.111. The molecule has 0 saturated carbocycles. The van der Waals surface area contributed by atoms with E-state index < -0.39 is 0 Å². The van der Waals surface area contributed by atoms with Gasteiger partial charge in [-0.05, 0) is 37.3 Å². The Labute approximate surface area is 151 Å². The van der Waals surface area contributed by atoms with E-state index in [1.807, 2.05) is 31.2 Å². The van der Waals surface area contributed by atoms with Crippen molar-refractivity contribution in [3.8, 4) is 5.75 Å². The first-order valence-electron chi connectivity index (χ1n) is 7.48. The Bertz CT molecular complexity index is 1080. The normalized spacial score (nSPS) is 12.4. The fourth-order valence-corrected chi connectivity index (χ4v) is 3.99. The standard InChI is InChI=1S/C18H16N2O3S2/c1-11-7-8-12(24-11)9-15-18(22)20-17(25-15)10-16(21)19-13-5-3-4-6-14(13)23-2/h3-10H,1-2H3,(H,19,21)(H,20,22)/b15-9+,17-10-. The summed E-state index contributed by atoms with van der Waals surface area (Å²) in [7, 11) is 1.54. The lowest BCUT2D eigenvalue weighted by Gasteiger charge is -2.07. The Morgan fingerprint density at radius 1 is 1.20 bits per heavy atom. The Morgan fingerprint density at radius 2 is 2.00 bits per heavy atom. The lowest BCUT2D eigenvalue weighted by atomic mass is 10.3. The first-order valence-corrected chi connectivity index (χ1v) is 9.11. The van der Waals surface area contributed by atoms with Gasteiger partial charge >= 0.3 is 0 Å². The summed E-state index contributed by atoms with van der Waals surface area (Å²) in [6.45, 7) is 2.02. The Balaban J connectivity index is 1.87. The second kappa shape index (κ2) is 7.50. The van der Waals surface area contributed by atoms with Gasteiger partial charge in [-0.1, -0.05) is 12.1 Å². The van der Waals surface area contributed by atoms with Crippen molar-refractivity contribution in [3.05, 3.63) is 65.7 Å². The SMILES string of the molecule is COc1ccccc1NC(=O)/C=c1/[nH]c(=O)/c(=C\c2ccc(C)s2)s1.